The van der Waals surface area contributed by atoms with E-state index in [-0.39, 0.29) is 33.7 Å². The lowest BCUT2D eigenvalue weighted by Gasteiger charge is -2.49. The molecule has 0 spiro atoms. The molecule has 1 unspecified atom stereocenters. The molecule has 0 aliphatic carbocycles. The highest BCUT2D eigenvalue weighted by Crippen LogP contribution is 2.41. The van der Waals surface area contributed by atoms with E-state index < -0.39 is 35.1 Å². The van der Waals surface area contributed by atoms with Gasteiger partial charge in [0.2, 0.25) is 5.91 Å². The van der Waals surface area contributed by atoms with Crippen molar-refractivity contribution < 1.29 is 29.1 Å². The Morgan fingerprint density at radius 3 is 2.81 bits per heavy atom. The quantitative estimate of drug-likeness (QED) is 0.192. The van der Waals surface area contributed by atoms with Gasteiger partial charge in [0.05, 0.1) is 5.75 Å². The Morgan fingerprint density at radius 2 is 2.23 bits per heavy atom. The van der Waals surface area contributed by atoms with Crippen LogP contribution in [0.4, 0.5) is 5.13 Å². The van der Waals surface area contributed by atoms with E-state index in [0.29, 0.717) is 11.3 Å². The number of carbonyl (C=O) groups is 4. The normalized spacial score (nSPS) is 20.7. The predicted octanol–water partition coefficient (Wildman–Crippen LogP) is -0.967. The number of thiazole rings is 1. The number of carbonyl (C=O) groups excluding carboxylic acids is 3. The SMILES string of the molecule is CO/N=C(\C(=O)NC1C(=O)N2C(C(=O)O)=C(CSCC(N)=O)CS[C@@H]12)c1csc(N)n1. The van der Waals surface area contributed by atoms with Gasteiger partial charge in [-0.1, -0.05) is 5.16 Å². The molecule has 3 heterocycles. The van der Waals surface area contributed by atoms with Gasteiger partial charge in [0, 0.05) is 16.9 Å². The van der Waals surface area contributed by atoms with Gasteiger partial charge in [-0.15, -0.1) is 34.9 Å². The Bertz CT molecular complexity index is 992. The zero-order chi connectivity index (χ0) is 22.7. The monoisotopic (exact) mass is 486 g/mol. The number of carboxylic acids is 1. The first-order valence-electron chi connectivity index (χ1n) is 8.64. The number of nitrogens with zero attached hydrogens (tertiary/aromatic N) is 3. The fourth-order valence-electron chi connectivity index (χ4n) is 2.97. The number of nitrogens with two attached hydrogens (primary N) is 2. The summed E-state index contributed by atoms with van der Waals surface area (Å²) in [6.07, 6.45) is 0. The summed E-state index contributed by atoms with van der Waals surface area (Å²) in [7, 11) is 1.26. The van der Waals surface area contributed by atoms with E-state index in [1.807, 2.05) is 0 Å². The van der Waals surface area contributed by atoms with Crippen molar-refractivity contribution in [1.82, 2.24) is 15.2 Å². The van der Waals surface area contributed by atoms with E-state index in [1.54, 1.807) is 0 Å². The number of amides is 3. The van der Waals surface area contributed by atoms with Crippen LogP contribution in [0, 0.1) is 0 Å². The van der Waals surface area contributed by atoms with Crippen molar-refractivity contribution in [3.05, 3.63) is 22.3 Å². The molecule has 1 saturated heterocycles. The highest BCUT2D eigenvalue weighted by Gasteiger charge is 2.54. The number of fused-ring (bicyclic) bond motifs is 1. The summed E-state index contributed by atoms with van der Waals surface area (Å²) < 4.78 is 0. The molecule has 15 heteroatoms. The molecule has 1 aromatic heterocycles. The second-order valence-corrected chi connectivity index (χ2v) is 9.25. The summed E-state index contributed by atoms with van der Waals surface area (Å²) >= 11 is 3.60. The second-order valence-electron chi connectivity index (χ2n) is 6.27. The zero-order valence-corrected chi connectivity index (χ0v) is 18.5. The van der Waals surface area contributed by atoms with Crippen LogP contribution < -0.4 is 16.8 Å². The van der Waals surface area contributed by atoms with Crippen molar-refractivity contribution in [2.24, 2.45) is 10.9 Å². The number of anilines is 1. The fraction of sp³-hybridized carbons (Fsp3) is 0.375. The van der Waals surface area contributed by atoms with Gasteiger partial charge in [-0.25, -0.2) is 9.78 Å². The third-order valence-electron chi connectivity index (χ3n) is 4.22. The van der Waals surface area contributed by atoms with Crippen molar-refractivity contribution >= 4 is 69.4 Å². The number of nitrogens with one attached hydrogen (secondary N) is 1. The first kappa shape index (κ1) is 22.9. The Morgan fingerprint density at radius 1 is 1.48 bits per heavy atom. The summed E-state index contributed by atoms with van der Waals surface area (Å²) in [5, 5.41) is 17.0. The van der Waals surface area contributed by atoms with E-state index in [4.69, 9.17) is 16.3 Å². The molecular formula is C16H18N6O6S3. The Hall–Kier alpha value is -2.78. The summed E-state index contributed by atoms with van der Waals surface area (Å²) in [6.45, 7) is 0. The van der Waals surface area contributed by atoms with Gasteiger partial charge in [-0.05, 0) is 5.57 Å². The van der Waals surface area contributed by atoms with E-state index in [9.17, 15) is 24.3 Å². The number of rotatable bonds is 9. The van der Waals surface area contributed by atoms with Gasteiger partial charge >= 0.3 is 5.97 Å². The van der Waals surface area contributed by atoms with Crippen LogP contribution in [0.2, 0.25) is 0 Å². The molecule has 1 fully saturated rings. The van der Waals surface area contributed by atoms with Crippen LogP contribution in [-0.2, 0) is 24.0 Å². The van der Waals surface area contributed by atoms with Crippen molar-refractivity contribution in [1.29, 1.82) is 0 Å². The number of hydrogen-bond donors (Lipinski definition) is 4. The van der Waals surface area contributed by atoms with E-state index in [1.165, 1.54) is 36.0 Å². The topological polar surface area (TPSA) is 190 Å². The summed E-state index contributed by atoms with van der Waals surface area (Å²) in [5.74, 6) is -2.40. The molecule has 3 amide bonds. The third kappa shape index (κ3) is 4.77. The number of primary amides is 1. The zero-order valence-electron chi connectivity index (χ0n) is 16.1. The highest BCUT2D eigenvalue weighted by atomic mass is 32.2. The maximum atomic E-state index is 12.7. The van der Waals surface area contributed by atoms with Crippen LogP contribution in [0.5, 0.6) is 0 Å². The minimum Gasteiger partial charge on any atom is -0.477 e. The number of thioether (sulfide) groups is 2. The molecule has 12 nitrogen and oxygen atoms in total. The largest absolute Gasteiger partial charge is 0.477 e. The van der Waals surface area contributed by atoms with Gasteiger partial charge in [0.15, 0.2) is 10.8 Å². The van der Waals surface area contributed by atoms with Gasteiger partial charge in [0.25, 0.3) is 11.8 Å². The number of aliphatic carboxylic acids is 1. The maximum absolute atomic E-state index is 12.7. The average molecular weight is 487 g/mol. The fourth-order valence-corrected chi connectivity index (χ4v) is 5.78. The summed E-state index contributed by atoms with van der Waals surface area (Å²) in [5.41, 5.74) is 11.1. The molecule has 2 atom stereocenters. The minimum absolute atomic E-state index is 0.0415. The first-order valence-corrected chi connectivity index (χ1v) is 11.7. The Kier molecular flexibility index (Phi) is 7.07. The molecule has 31 heavy (non-hydrogen) atoms. The Labute approximate surface area is 188 Å². The van der Waals surface area contributed by atoms with Crippen molar-refractivity contribution in [3.8, 4) is 0 Å². The van der Waals surface area contributed by atoms with Crippen molar-refractivity contribution in [3.63, 3.8) is 0 Å². The smallest absolute Gasteiger partial charge is 0.352 e. The number of carboxylic acid groups (broad SMARTS) is 1. The number of oxime groups is 1. The Balaban J connectivity index is 1.74. The third-order valence-corrected chi connectivity index (χ3v) is 7.27. The van der Waals surface area contributed by atoms with Gasteiger partial charge in [0.1, 0.15) is 29.9 Å². The average Bonchev–Trinajstić information content (AvgIpc) is 3.14. The van der Waals surface area contributed by atoms with Crippen LogP contribution in [0.3, 0.4) is 0 Å². The lowest BCUT2D eigenvalue weighted by molar-refractivity contribution is -0.150. The van der Waals surface area contributed by atoms with E-state index in [0.717, 1.165) is 16.2 Å². The van der Waals surface area contributed by atoms with Crippen molar-refractivity contribution in [2.75, 3.05) is 30.1 Å². The lowest BCUT2D eigenvalue weighted by Crippen LogP contribution is -2.71. The number of aromatic nitrogens is 1. The molecule has 3 rings (SSSR count). The molecule has 0 radical (unpaired) electrons. The van der Waals surface area contributed by atoms with E-state index in [2.05, 4.69) is 15.5 Å². The van der Waals surface area contributed by atoms with Crippen LogP contribution in [0.15, 0.2) is 21.8 Å². The molecule has 0 saturated carbocycles. The number of nitrogen functional groups attached to an aromatic ring is 1. The van der Waals surface area contributed by atoms with Crippen LogP contribution in [0.1, 0.15) is 5.69 Å². The summed E-state index contributed by atoms with van der Waals surface area (Å²) in [6, 6.07) is -0.940. The predicted molar refractivity (Wildman–Crippen MR) is 116 cm³/mol. The molecule has 2 aliphatic heterocycles. The van der Waals surface area contributed by atoms with Gasteiger partial charge < -0.3 is 26.7 Å². The van der Waals surface area contributed by atoms with Crippen molar-refractivity contribution in [2.45, 2.75) is 11.4 Å². The van der Waals surface area contributed by atoms with Crippen LogP contribution in [-0.4, -0.2) is 80.2 Å². The van der Waals surface area contributed by atoms with Gasteiger partial charge in [-0.3, -0.25) is 19.3 Å². The number of hydrogen-bond acceptors (Lipinski definition) is 11. The molecule has 0 bridgehead atoms. The standard InChI is InChI=1S/C16H18N6O6S3/c1-28-21-9(7-4-31-16(18)19-7)12(24)20-10-13(25)22-11(15(26)27)6(3-30-14(10)22)2-29-5-8(17)23/h4,10,14H,2-3,5H2,1H3,(H2,17,23)(H2,18,19)(H,20,24)(H,26,27)/b21-9-/t10?,14-/m0/s1. The highest BCUT2D eigenvalue weighted by molar-refractivity contribution is 8.01. The summed E-state index contributed by atoms with van der Waals surface area (Å²) in [4.78, 5) is 58.0. The first-order chi connectivity index (χ1) is 14.7. The second kappa shape index (κ2) is 9.57. The number of β-lactam (4-membered cyclic amide) rings is 1. The van der Waals surface area contributed by atoms with Crippen LogP contribution in [0.25, 0.3) is 0 Å². The minimum atomic E-state index is -1.25. The molecule has 0 aromatic carbocycles. The molecular weight excluding hydrogens is 468 g/mol. The van der Waals surface area contributed by atoms with Crippen LogP contribution >= 0.6 is 34.9 Å². The van der Waals surface area contributed by atoms with E-state index >= 15 is 0 Å². The molecule has 1 aromatic rings. The molecule has 2 aliphatic rings. The molecule has 6 N–H and O–H groups in total. The van der Waals surface area contributed by atoms with Gasteiger partial charge in [-0.2, -0.15) is 0 Å². The molecule has 166 valence electrons. The lowest BCUT2D eigenvalue weighted by atomic mass is 10.0. The maximum Gasteiger partial charge on any atom is 0.352 e.